The molecule has 0 aliphatic carbocycles. The molecule has 0 aromatic heterocycles. The van der Waals surface area contributed by atoms with Crippen molar-refractivity contribution < 1.29 is 19.0 Å². The van der Waals surface area contributed by atoms with Crippen LogP contribution in [0.15, 0.2) is 42.0 Å². The van der Waals surface area contributed by atoms with Gasteiger partial charge in [0, 0.05) is 16.7 Å². The summed E-state index contributed by atoms with van der Waals surface area (Å²) >= 11 is 6.02. The van der Waals surface area contributed by atoms with Gasteiger partial charge in [0.2, 0.25) is 0 Å². The van der Waals surface area contributed by atoms with Gasteiger partial charge < -0.3 is 19.5 Å². The smallest absolute Gasteiger partial charge is 0.255 e. The van der Waals surface area contributed by atoms with Gasteiger partial charge in [-0.2, -0.15) is 0 Å². The highest BCUT2D eigenvalue weighted by molar-refractivity contribution is 6.30. The summed E-state index contributed by atoms with van der Waals surface area (Å²) in [5, 5.41) is 3.48. The number of hydrogen-bond acceptors (Lipinski definition) is 4. The van der Waals surface area contributed by atoms with Crippen LogP contribution in [0.2, 0.25) is 5.02 Å². The number of ether oxygens (including phenoxy) is 3. The van der Waals surface area contributed by atoms with Gasteiger partial charge in [-0.3, -0.25) is 4.79 Å². The van der Waals surface area contributed by atoms with Crippen molar-refractivity contribution in [1.29, 1.82) is 0 Å². The monoisotopic (exact) mass is 373 g/mol. The molecule has 1 N–H and O–H groups in total. The molecule has 1 aliphatic rings. The summed E-state index contributed by atoms with van der Waals surface area (Å²) in [6.07, 6.45) is 1.78. The number of fused-ring (bicyclic) bond motifs is 1. The Labute approximate surface area is 157 Å². The molecule has 2 aromatic carbocycles. The fraction of sp³-hybridized carbons (Fsp3) is 0.250. The third-order valence-corrected chi connectivity index (χ3v) is 4.02. The van der Waals surface area contributed by atoms with Gasteiger partial charge in [0.15, 0.2) is 0 Å². The second-order valence-electron chi connectivity index (χ2n) is 5.62. The highest BCUT2D eigenvalue weighted by Crippen LogP contribution is 2.32. The molecule has 5 nitrogen and oxygen atoms in total. The highest BCUT2D eigenvalue weighted by atomic mass is 35.5. The molecular weight excluding hydrogens is 354 g/mol. The highest BCUT2D eigenvalue weighted by Gasteiger charge is 2.19. The van der Waals surface area contributed by atoms with Gasteiger partial charge in [0.05, 0.1) is 24.5 Å². The number of amides is 1. The molecule has 136 valence electrons. The third kappa shape index (κ3) is 4.11. The Balaban J connectivity index is 1.84. The topological polar surface area (TPSA) is 56.8 Å². The Hall–Kier alpha value is -2.66. The fourth-order valence-electron chi connectivity index (χ4n) is 2.63. The molecule has 0 saturated heterocycles. The number of rotatable bonds is 6. The average molecular weight is 374 g/mol. The molecular formula is C20H20ClNO4. The van der Waals surface area contributed by atoms with Crippen LogP contribution < -0.4 is 19.5 Å². The number of anilines is 1. The van der Waals surface area contributed by atoms with Crippen LogP contribution >= 0.6 is 11.6 Å². The molecule has 1 amide bonds. The van der Waals surface area contributed by atoms with Gasteiger partial charge in [0.1, 0.15) is 23.9 Å². The second kappa shape index (κ2) is 8.15. The van der Waals surface area contributed by atoms with Crippen LogP contribution in [0.25, 0.3) is 6.08 Å². The summed E-state index contributed by atoms with van der Waals surface area (Å²) in [5.74, 6) is 1.70. The van der Waals surface area contributed by atoms with E-state index in [0.29, 0.717) is 46.7 Å². The SMILES string of the molecule is CCOc1ccc(OCC)c(NC(=O)C2=Cc3cc(Cl)ccc3OC2)c1. The molecule has 1 heterocycles. The second-order valence-corrected chi connectivity index (χ2v) is 6.05. The molecule has 1 aliphatic heterocycles. The van der Waals surface area contributed by atoms with Gasteiger partial charge in [0.25, 0.3) is 5.91 Å². The Bertz CT molecular complexity index is 848. The number of hydrogen-bond donors (Lipinski definition) is 1. The molecule has 0 bridgehead atoms. The van der Waals surface area contributed by atoms with Crippen molar-refractivity contribution in [2.45, 2.75) is 13.8 Å². The largest absolute Gasteiger partial charge is 0.494 e. The maximum absolute atomic E-state index is 12.7. The van der Waals surface area contributed by atoms with E-state index >= 15 is 0 Å². The lowest BCUT2D eigenvalue weighted by atomic mass is 10.1. The van der Waals surface area contributed by atoms with Crippen LogP contribution in [0.5, 0.6) is 17.2 Å². The van der Waals surface area contributed by atoms with Gasteiger partial charge in [-0.1, -0.05) is 11.6 Å². The van der Waals surface area contributed by atoms with Crippen molar-refractivity contribution in [1.82, 2.24) is 0 Å². The van der Waals surface area contributed by atoms with E-state index in [0.717, 1.165) is 5.56 Å². The Morgan fingerprint density at radius 2 is 1.96 bits per heavy atom. The van der Waals surface area contributed by atoms with Gasteiger partial charge in [-0.15, -0.1) is 0 Å². The van der Waals surface area contributed by atoms with E-state index in [1.54, 1.807) is 36.4 Å². The molecule has 0 fully saturated rings. The first-order valence-corrected chi connectivity index (χ1v) is 8.82. The lowest BCUT2D eigenvalue weighted by molar-refractivity contribution is -0.113. The Morgan fingerprint density at radius 3 is 2.73 bits per heavy atom. The normalized spacial score (nSPS) is 12.5. The molecule has 0 unspecified atom stereocenters. The number of carbonyl (C=O) groups excluding carboxylic acids is 1. The van der Waals surface area contributed by atoms with Crippen molar-refractivity contribution in [3.05, 3.63) is 52.6 Å². The minimum absolute atomic E-state index is 0.190. The molecule has 0 radical (unpaired) electrons. The van der Waals surface area contributed by atoms with E-state index in [-0.39, 0.29) is 12.5 Å². The number of benzene rings is 2. The van der Waals surface area contributed by atoms with Crippen LogP contribution in [0.3, 0.4) is 0 Å². The first-order valence-electron chi connectivity index (χ1n) is 8.44. The van der Waals surface area contributed by atoms with E-state index in [1.807, 2.05) is 19.9 Å². The zero-order chi connectivity index (χ0) is 18.5. The molecule has 6 heteroatoms. The fourth-order valence-corrected chi connectivity index (χ4v) is 2.81. The average Bonchev–Trinajstić information content (AvgIpc) is 2.63. The maximum atomic E-state index is 12.7. The molecule has 0 spiro atoms. The molecule has 0 atom stereocenters. The van der Waals surface area contributed by atoms with Gasteiger partial charge >= 0.3 is 0 Å². The maximum Gasteiger partial charge on any atom is 0.255 e. The summed E-state index contributed by atoms with van der Waals surface area (Å²) in [6, 6.07) is 10.7. The van der Waals surface area contributed by atoms with Crippen molar-refractivity contribution in [2.75, 3.05) is 25.1 Å². The quantitative estimate of drug-likeness (QED) is 0.806. The third-order valence-electron chi connectivity index (χ3n) is 3.79. The predicted octanol–water partition coefficient (Wildman–Crippen LogP) is 4.55. The van der Waals surface area contributed by atoms with E-state index in [4.69, 9.17) is 25.8 Å². The molecule has 3 rings (SSSR count). The molecule has 26 heavy (non-hydrogen) atoms. The van der Waals surface area contributed by atoms with Crippen LogP contribution in [0.1, 0.15) is 19.4 Å². The summed E-state index contributed by atoms with van der Waals surface area (Å²) in [7, 11) is 0. The van der Waals surface area contributed by atoms with Crippen LogP contribution in [-0.4, -0.2) is 25.7 Å². The van der Waals surface area contributed by atoms with Crippen molar-refractivity contribution in [3.63, 3.8) is 0 Å². The summed E-state index contributed by atoms with van der Waals surface area (Å²) < 4.78 is 16.7. The zero-order valence-electron chi connectivity index (χ0n) is 14.7. The Morgan fingerprint density at radius 1 is 1.15 bits per heavy atom. The van der Waals surface area contributed by atoms with E-state index < -0.39 is 0 Å². The number of halogens is 1. The predicted molar refractivity (Wildman–Crippen MR) is 102 cm³/mol. The standard InChI is InChI=1S/C20H20ClNO4/c1-3-24-16-6-8-19(25-4-2)17(11-16)22-20(23)14-9-13-10-15(21)5-7-18(13)26-12-14/h5-11H,3-4,12H2,1-2H3,(H,22,23). The summed E-state index contributed by atoms with van der Waals surface area (Å²) in [5.41, 5.74) is 1.84. The molecule has 0 saturated carbocycles. The van der Waals surface area contributed by atoms with E-state index in [1.165, 1.54) is 0 Å². The summed E-state index contributed by atoms with van der Waals surface area (Å²) in [6.45, 7) is 5.02. The lowest BCUT2D eigenvalue weighted by Gasteiger charge is -2.19. The number of carbonyl (C=O) groups is 1. The minimum Gasteiger partial charge on any atom is -0.494 e. The Kier molecular flexibility index (Phi) is 5.68. The van der Waals surface area contributed by atoms with Crippen molar-refractivity contribution in [2.24, 2.45) is 0 Å². The van der Waals surface area contributed by atoms with Crippen molar-refractivity contribution in [3.8, 4) is 17.2 Å². The first-order chi connectivity index (χ1) is 12.6. The molecule has 2 aromatic rings. The van der Waals surface area contributed by atoms with E-state index in [9.17, 15) is 4.79 Å². The number of nitrogens with one attached hydrogen (secondary N) is 1. The van der Waals surface area contributed by atoms with Crippen LogP contribution in [-0.2, 0) is 4.79 Å². The van der Waals surface area contributed by atoms with Gasteiger partial charge in [-0.25, -0.2) is 0 Å². The van der Waals surface area contributed by atoms with Crippen LogP contribution in [0, 0.1) is 0 Å². The minimum atomic E-state index is -0.259. The van der Waals surface area contributed by atoms with E-state index in [2.05, 4.69) is 5.32 Å². The van der Waals surface area contributed by atoms with Gasteiger partial charge in [-0.05, 0) is 50.3 Å². The van der Waals surface area contributed by atoms with Crippen molar-refractivity contribution >= 4 is 29.3 Å². The zero-order valence-corrected chi connectivity index (χ0v) is 15.4. The summed E-state index contributed by atoms with van der Waals surface area (Å²) in [4.78, 5) is 12.7. The van der Waals surface area contributed by atoms with Crippen LogP contribution in [0.4, 0.5) is 5.69 Å². The lowest BCUT2D eigenvalue weighted by Crippen LogP contribution is -2.21. The first kappa shape index (κ1) is 18.1.